The van der Waals surface area contributed by atoms with E-state index < -0.39 is 21.8 Å². The van der Waals surface area contributed by atoms with Crippen LogP contribution in [0.4, 0.5) is 0 Å². The summed E-state index contributed by atoms with van der Waals surface area (Å²) in [7, 11) is -4.16. The predicted molar refractivity (Wildman–Crippen MR) is 91.9 cm³/mol. The molecule has 1 N–H and O–H groups in total. The molecule has 0 aliphatic heterocycles. The highest BCUT2D eigenvalue weighted by molar-refractivity contribution is 7.90. The summed E-state index contributed by atoms with van der Waals surface area (Å²) >= 11 is 5.94. The van der Waals surface area contributed by atoms with E-state index in [0.29, 0.717) is 6.42 Å². The summed E-state index contributed by atoms with van der Waals surface area (Å²) in [6.45, 7) is 1.32. The summed E-state index contributed by atoms with van der Waals surface area (Å²) in [4.78, 5) is 27.4. The number of amides is 1. The molecule has 0 bridgehead atoms. The Balaban J connectivity index is 1.78. The molecule has 130 valence electrons. The zero-order valence-electron chi connectivity index (χ0n) is 13.3. The number of Topliss-reactive ketones (excluding diaryl/α,β-unsaturated/α-hetero) is 1. The first-order valence-electron chi connectivity index (χ1n) is 7.56. The highest BCUT2D eigenvalue weighted by atomic mass is 35.5. The van der Waals surface area contributed by atoms with E-state index in [1.165, 1.54) is 25.1 Å². The molecule has 25 heavy (non-hydrogen) atoms. The lowest BCUT2D eigenvalue weighted by Gasteiger charge is -2.09. The van der Waals surface area contributed by atoms with Crippen LogP contribution in [0.5, 0.6) is 0 Å². The van der Waals surface area contributed by atoms with Crippen LogP contribution in [0.25, 0.3) is 0 Å². The Morgan fingerprint density at radius 1 is 1.28 bits per heavy atom. The summed E-state index contributed by atoms with van der Waals surface area (Å²) in [5.74, 6) is -1.34. The first kappa shape index (κ1) is 17.6. The molecule has 1 heterocycles. The number of aromatic nitrogens is 1. The number of carbonyl (C=O) groups excluding carboxylic acids is 2. The third-order valence-electron chi connectivity index (χ3n) is 4.10. The molecule has 1 aromatic heterocycles. The second kappa shape index (κ2) is 6.57. The van der Waals surface area contributed by atoms with Crippen LogP contribution in [-0.4, -0.2) is 25.1 Å². The highest BCUT2D eigenvalue weighted by Crippen LogP contribution is 2.47. The maximum absolute atomic E-state index is 12.5. The molecule has 1 fully saturated rings. The molecule has 1 aliphatic rings. The van der Waals surface area contributed by atoms with Gasteiger partial charge in [-0.3, -0.25) is 14.6 Å². The molecule has 6 nitrogen and oxygen atoms in total. The van der Waals surface area contributed by atoms with Gasteiger partial charge in [0, 0.05) is 23.9 Å². The van der Waals surface area contributed by atoms with Crippen molar-refractivity contribution in [1.82, 2.24) is 9.71 Å². The maximum atomic E-state index is 12.5. The van der Waals surface area contributed by atoms with Gasteiger partial charge in [0.15, 0.2) is 5.78 Å². The normalized spacial score (nSPS) is 19.3. The fourth-order valence-corrected chi connectivity index (χ4v) is 4.20. The van der Waals surface area contributed by atoms with Crippen molar-refractivity contribution in [3.63, 3.8) is 0 Å². The number of benzene rings is 1. The van der Waals surface area contributed by atoms with Crippen LogP contribution >= 0.6 is 11.6 Å². The molecule has 1 aromatic carbocycles. The Morgan fingerprint density at radius 2 is 2.04 bits per heavy atom. The van der Waals surface area contributed by atoms with Crippen molar-refractivity contribution in [1.29, 1.82) is 0 Å². The summed E-state index contributed by atoms with van der Waals surface area (Å²) in [6.07, 6.45) is 3.86. The number of nitrogens with zero attached hydrogens (tertiary/aromatic N) is 1. The summed E-state index contributed by atoms with van der Waals surface area (Å²) in [5, 5.41) is -0.0510. The van der Waals surface area contributed by atoms with Crippen LogP contribution in [0.2, 0.25) is 5.02 Å². The summed E-state index contributed by atoms with van der Waals surface area (Å²) < 4.78 is 27.0. The fourth-order valence-electron chi connectivity index (χ4n) is 2.64. The number of hydrogen-bond donors (Lipinski definition) is 1. The molecular weight excluding hydrogens is 364 g/mol. The van der Waals surface area contributed by atoms with Gasteiger partial charge in [0.1, 0.15) is 4.90 Å². The number of ketones is 1. The molecule has 2 aromatic rings. The van der Waals surface area contributed by atoms with Crippen LogP contribution < -0.4 is 4.72 Å². The number of nitrogens with one attached hydrogen (secondary N) is 1. The van der Waals surface area contributed by atoms with Crippen LogP contribution in [-0.2, 0) is 14.8 Å². The quantitative estimate of drug-likeness (QED) is 0.807. The molecule has 0 spiro atoms. The fraction of sp³-hybridized carbons (Fsp3) is 0.235. The lowest BCUT2D eigenvalue weighted by molar-refractivity contribution is -0.120. The van der Waals surface area contributed by atoms with Crippen LogP contribution in [0, 0.1) is 5.92 Å². The molecule has 1 saturated carbocycles. The average molecular weight is 379 g/mol. The van der Waals surface area contributed by atoms with Crippen molar-refractivity contribution in [3.05, 3.63) is 58.9 Å². The number of halogens is 1. The van der Waals surface area contributed by atoms with E-state index >= 15 is 0 Å². The minimum absolute atomic E-state index is 0.0390. The van der Waals surface area contributed by atoms with Crippen LogP contribution in [0.3, 0.4) is 0 Å². The Labute approximate surface area is 150 Å². The molecular formula is C17H15ClN2O4S. The van der Waals surface area contributed by atoms with Crippen molar-refractivity contribution in [2.75, 3.05) is 0 Å². The van der Waals surface area contributed by atoms with E-state index in [2.05, 4.69) is 9.71 Å². The first-order valence-corrected chi connectivity index (χ1v) is 9.43. The van der Waals surface area contributed by atoms with Gasteiger partial charge in [-0.2, -0.15) is 0 Å². The van der Waals surface area contributed by atoms with Crippen molar-refractivity contribution in [2.24, 2.45) is 5.92 Å². The molecule has 8 heteroatoms. The van der Waals surface area contributed by atoms with Crippen molar-refractivity contribution < 1.29 is 18.0 Å². The highest BCUT2D eigenvalue weighted by Gasteiger charge is 2.45. The van der Waals surface area contributed by atoms with E-state index in [1.807, 2.05) is 6.07 Å². The van der Waals surface area contributed by atoms with E-state index in [1.54, 1.807) is 18.5 Å². The van der Waals surface area contributed by atoms with Crippen molar-refractivity contribution in [2.45, 2.75) is 24.2 Å². The van der Waals surface area contributed by atoms with Gasteiger partial charge in [0.25, 0.3) is 10.0 Å². The molecule has 2 atom stereocenters. The minimum atomic E-state index is -4.16. The Kier molecular flexibility index (Phi) is 4.62. The summed E-state index contributed by atoms with van der Waals surface area (Å²) in [5.41, 5.74) is 1.11. The van der Waals surface area contributed by atoms with Crippen molar-refractivity contribution in [3.8, 4) is 0 Å². The molecule has 0 unspecified atom stereocenters. The van der Waals surface area contributed by atoms with Crippen LogP contribution in [0.1, 0.15) is 35.2 Å². The van der Waals surface area contributed by atoms with Gasteiger partial charge >= 0.3 is 0 Å². The molecule has 0 radical (unpaired) electrons. The van der Waals surface area contributed by atoms with Gasteiger partial charge in [-0.15, -0.1) is 0 Å². The number of pyridine rings is 1. The Hall–Kier alpha value is -2.25. The van der Waals surface area contributed by atoms with E-state index in [0.717, 1.165) is 5.56 Å². The SMILES string of the molecule is CC(=O)c1ccc(Cl)c(S(=O)(=O)NC(=O)[C@H]2C[C@@H]2c2cccnc2)c1. The lowest BCUT2D eigenvalue weighted by Crippen LogP contribution is -2.32. The Bertz CT molecular complexity index is 944. The third-order valence-corrected chi connectivity index (χ3v) is 5.93. The monoisotopic (exact) mass is 378 g/mol. The van der Waals surface area contributed by atoms with Gasteiger partial charge in [0.2, 0.25) is 5.91 Å². The lowest BCUT2D eigenvalue weighted by atomic mass is 10.1. The van der Waals surface area contributed by atoms with Gasteiger partial charge < -0.3 is 0 Å². The number of hydrogen-bond acceptors (Lipinski definition) is 5. The van der Waals surface area contributed by atoms with Gasteiger partial charge in [0.05, 0.1) is 5.02 Å². The van der Waals surface area contributed by atoms with E-state index in [9.17, 15) is 18.0 Å². The van der Waals surface area contributed by atoms with Crippen molar-refractivity contribution >= 4 is 33.3 Å². The number of carbonyl (C=O) groups is 2. The van der Waals surface area contributed by atoms with Crippen LogP contribution in [0.15, 0.2) is 47.6 Å². The van der Waals surface area contributed by atoms with Gasteiger partial charge in [-0.05, 0) is 49.1 Å². The summed E-state index contributed by atoms with van der Waals surface area (Å²) in [6, 6.07) is 7.56. The van der Waals surface area contributed by atoms with Gasteiger partial charge in [-0.1, -0.05) is 17.7 Å². The molecule has 1 amide bonds. The number of sulfonamides is 1. The second-order valence-corrected chi connectivity index (χ2v) is 7.96. The van der Waals surface area contributed by atoms with Gasteiger partial charge in [-0.25, -0.2) is 13.1 Å². The predicted octanol–water partition coefficient (Wildman–Crippen LogP) is 2.55. The molecule has 1 aliphatic carbocycles. The molecule has 3 rings (SSSR count). The maximum Gasteiger partial charge on any atom is 0.265 e. The first-order chi connectivity index (χ1) is 11.8. The average Bonchev–Trinajstić information content (AvgIpc) is 3.36. The third kappa shape index (κ3) is 3.72. The smallest absolute Gasteiger partial charge is 0.265 e. The topological polar surface area (TPSA) is 93.2 Å². The standard InChI is InChI=1S/C17H15ClN2O4S/c1-10(21)11-4-5-15(18)16(7-11)25(23,24)20-17(22)14-8-13(14)12-3-2-6-19-9-12/h2-7,9,13-14H,8H2,1H3,(H,20,22)/t13-,14+/m1/s1. The van der Waals surface area contributed by atoms with E-state index in [-0.39, 0.29) is 27.2 Å². The zero-order chi connectivity index (χ0) is 18.2. The Morgan fingerprint density at radius 3 is 2.68 bits per heavy atom. The molecule has 0 saturated heterocycles. The second-order valence-electron chi connectivity index (χ2n) is 5.91. The minimum Gasteiger partial charge on any atom is -0.295 e. The number of rotatable bonds is 5. The largest absolute Gasteiger partial charge is 0.295 e. The van der Waals surface area contributed by atoms with E-state index in [4.69, 9.17) is 11.6 Å². The zero-order valence-corrected chi connectivity index (χ0v) is 14.8.